The molecule has 0 saturated carbocycles. The van der Waals surface area contributed by atoms with E-state index in [4.69, 9.17) is 5.73 Å². The van der Waals surface area contributed by atoms with Crippen molar-refractivity contribution in [1.29, 1.82) is 0 Å². The summed E-state index contributed by atoms with van der Waals surface area (Å²) >= 11 is 1.39. The molecule has 2 aromatic rings. The molecule has 0 radical (unpaired) electrons. The molecule has 1 aromatic heterocycles. The van der Waals surface area contributed by atoms with Crippen LogP contribution in [0.5, 0.6) is 0 Å². The van der Waals surface area contributed by atoms with Gasteiger partial charge in [-0.3, -0.25) is 0 Å². The van der Waals surface area contributed by atoms with Crippen LogP contribution in [0.4, 0.5) is 5.13 Å². The van der Waals surface area contributed by atoms with Crippen LogP contribution in [-0.4, -0.2) is 15.9 Å². The van der Waals surface area contributed by atoms with E-state index in [9.17, 15) is 0 Å². The zero-order chi connectivity index (χ0) is 13.0. The highest BCUT2D eigenvalue weighted by atomic mass is 32.1. The van der Waals surface area contributed by atoms with Crippen molar-refractivity contribution in [3.05, 3.63) is 41.7 Å². The first-order chi connectivity index (χ1) is 8.70. The van der Waals surface area contributed by atoms with Crippen molar-refractivity contribution in [2.45, 2.75) is 25.8 Å². The number of aromatic nitrogens is 2. The fourth-order valence-electron chi connectivity index (χ4n) is 1.64. The molecule has 96 valence electrons. The maximum atomic E-state index is 5.81. The minimum atomic E-state index is 0.0826. The number of hydrogen-bond donors (Lipinski definition) is 2. The van der Waals surface area contributed by atoms with Gasteiger partial charge in [-0.05, 0) is 5.56 Å². The summed E-state index contributed by atoms with van der Waals surface area (Å²) in [6.07, 6.45) is 0. The highest BCUT2D eigenvalue weighted by Gasteiger charge is 2.13. The van der Waals surface area contributed by atoms with Gasteiger partial charge in [0.25, 0.3) is 0 Å². The Morgan fingerprint density at radius 1 is 1.28 bits per heavy atom. The lowest BCUT2D eigenvalue weighted by atomic mass is 10.1. The van der Waals surface area contributed by atoms with Crippen LogP contribution in [0.25, 0.3) is 0 Å². The Morgan fingerprint density at radius 3 is 2.56 bits per heavy atom. The van der Waals surface area contributed by atoms with Crippen LogP contribution in [0.3, 0.4) is 0 Å². The summed E-state index contributed by atoms with van der Waals surface area (Å²) in [6, 6.07) is 10.2. The van der Waals surface area contributed by atoms with E-state index >= 15 is 0 Å². The molecule has 0 bridgehead atoms. The minimum Gasteiger partial charge on any atom is -0.352 e. The average Bonchev–Trinajstić information content (AvgIpc) is 2.86. The second-order valence-electron chi connectivity index (χ2n) is 4.46. The van der Waals surface area contributed by atoms with Crippen LogP contribution in [0.1, 0.15) is 37.2 Å². The summed E-state index contributed by atoms with van der Waals surface area (Å²) in [7, 11) is 0. The van der Waals surface area contributed by atoms with E-state index in [2.05, 4.69) is 40.7 Å². The van der Waals surface area contributed by atoms with Crippen molar-refractivity contribution >= 4 is 16.7 Å². The monoisotopic (exact) mass is 262 g/mol. The maximum Gasteiger partial charge on any atom is 0.203 e. The van der Waals surface area contributed by atoms with Gasteiger partial charge in [0.2, 0.25) is 5.13 Å². The molecule has 5 heteroatoms. The molecule has 1 unspecified atom stereocenters. The van der Waals surface area contributed by atoms with E-state index in [-0.39, 0.29) is 6.04 Å². The Bertz CT molecular complexity index is 481. The molecule has 3 N–H and O–H groups in total. The average molecular weight is 262 g/mol. The Morgan fingerprint density at radius 2 is 2.00 bits per heavy atom. The lowest BCUT2D eigenvalue weighted by Gasteiger charge is -2.15. The van der Waals surface area contributed by atoms with Crippen LogP contribution >= 0.6 is 11.5 Å². The molecular weight excluding hydrogens is 244 g/mol. The molecule has 18 heavy (non-hydrogen) atoms. The molecule has 0 saturated heterocycles. The van der Waals surface area contributed by atoms with Crippen molar-refractivity contribution < 1.29 is 0 Å². The van der Waals surface area contributed by atoms with Crippen molar-refractivity contribution in [2.24, 2.45) is 5.73 Å². The Labute approximate surface area is 111 Å². The van der Waals surface area contributed by atoms with Gasteiger partial charge in [-0.2, -0.15) is 4.37 Å². The Balaban J connectivity index is 2.10. The number of nitrogens with zero attached hydrogens (tertiary/aromatic N) is 2. The molecule has 0 aliphatic rings. The standard InChI is InChI=1S/C13H18N4S/c1-9(2)12-16-13(18-17-12)15-11(8-14)10-6-4-3-5-7-10/h3-7,9,11H,8,14H2,1-2H3,(H,15,16,17). The SMILES string of the molecule is CC(C)c1nsc(NC(CN)c2ccccc2)n1. The molecule has 0 fully saturated rings. The fourth-order valence-corrected chi connectivity index (χ4v) is 2.40. The van der Waals surface area contributed by atoms with E-state index < -0.39 is 0 Å². The summed E-state index contributed by atoms with van der Waals surface area (Å²) in [6.45, 7) is 4.70. The number of benzene rings is 1. The number of rotatable bonds is 5. The minimum absolute atomic E-state index is 0.0826. The van der Waals surface area contributed by atoms with Gasteiger partial charge >= 0.3 is 0 Å². The number of anilines is 1. The predicted octanol–water partition coefficient (Wildman–Crippen LogP) is 2.77. The lowest BCUT2D eigenvalue weighted by molar-refractivity contribution is 0.774. The van der Waals surface area contributed by atoms with Gasteiger partial charge in [0.15, 0.2) is 0 Å². The van der Waals surface area contributed by atoms with Crippen LogP contribution < -0.4 is 11.1 Å². The molecular formula is C13H18N4S. The maximum absolute atomic E-state index is 5.81. The number of nitrogens with two attached hydrogens (primary N) is 1. The highest BCUT2D eigenvalue weighted by molar-refractivity contribution is 7.09. The van der Waals surface area contributed by atoms with Gasteiger partial charge in [0.1, 0.15) is 5.82 Å². The van der Waals surface area contributed by atoms with E-state index in [1.807, 2.05) is 18.2 Å². The number of hydrogen-bond acceptors (Lipinski definition) is 5. The summed E-state index contributed by atoms with van der Waals surface area (Å²) in [5.74, 6) is 1.23. The van der Waals surface area contributed by atoms with E-state index in [0.29, 0.717) is 12.5 Å². The molecule has 4 nitrogen and oxygen atoms in total. The number of nitrogens with one attached hydrogen (secondary N) is 1. The van der Waals surface area contributed by atoms with Gasteiger partial charge in [0.05, 0.1) is 6.04 Å². The topological polar surface area (TPSA) is 63.8 Å². The Hall–Kier alpha value is -1.46. The molecule has 2 rings (SSSR count). The van der Waals surface area contributed by atoms with Crippen molar-refractivity contribution in [2.75, 3.05) is 11.9 Å². The molecule has 0 amide bonds. The van der Waals surface area contributed by atoms with Crippen LogP contribution in [0.2, 0.25) is 0 Å². The van der Waals surface area contributed by atoms with Gasteiger partial charge in [0, 0.05) is 24.0 Å². The zero-order valence-corrected chi connectivity index (χ0v) is 11.4. The van der Waals surface area contributed by atoms with Crippen molar-refractivity contribution in [3.8, 4) is 0 Å². The van der Waals surface area contributed by atoms with E-state index in [1.54, 1.807) is 0 Å². The summed E-state index contributed by atoms with van der Waals surface area (Å²) in [5, 5.41) is 4.17. The van der Waals surface area contributed by atoms with Gasteiger partial charge < -0.3 is 11.1 Å². The molecule has 1 atom stereocenters. The lowest BCUT2D eigenvalue weighted by Crippen LogP contribution is -2.20. The Kier molecular flexibility index (Phi) is 4.28. The van der Waals surface area contributed by atoms with Crippen LogP contribution in [0.15, 0.2) is 30.3 Å². The molecule has 0 aliphatic carbocycles. The van der Waals surface area contributed by atoms with Gasteiger partial charge in [-0.15, -0.1) is 0 Å². The highest BCUT2D eigenvalue weighted by Crippen LogP contribution is 2.22. The second kappa shape index (κ2) is 5.93. The molecule has 1 heterocycles. The third kappa shape index (κ3) is 3.05. The van der Waals surface area contributed by atoms with Crippen LogP contribution in [0, 0.1) is 0 Å². The third-order valence-corrected chi connectivity index (χ3v) is 3.35. The summed E-state index contributed by atoms with van der Waals surface area (Å²) in [4.78, 5) is 4.46. The predicted molar refractivity (Wildman–Crippen MR) is 75.9 cm³/mol. The zero-order valence-electron chi connectivity index (χ0n) is 10.6. The van der Waals surface area contributed by atoms with Crippen LogP contribution in [-0.2, 0) is 0 Å². The largest absolute Gasteiger partial charge is 0.352 e. The fraction of sp³-hybridized carbons (Fsp3) is 0.385. The van der Waals surface area contributed by atoms with Gasteiger partial charge in [-0.25, -0.2) is 4.98 Å². The second-order valence-corrected chi connectivity index (χ2v) is 5.21. The molecule has 0 aliphatic heterocycles. The quantitative estimate of drug-likeness (QED) is 0.869. The van der Waals surface area contributed by atoms with Crippen molar-refractivity contribution in [1.82, 2.24) is 9.36 Å². The first-order valence-corrected chi connectivity index (χ1v) is 6.83. The third-order valence-electron chi connectivity index (χ3n) is 2.69. The normalized spacial score (nSPS) is 12.7. The van der Waals surface area contributed by atoms with Gasteiger partial charge in [-0.1, -0.05) is 44.2 Å². The summed E-state index contributed by atoms with van der Waals surface area (Å²) < 4.78 is 4.32. The smallest absolute Gasteiger partial charge is 0.203 e. The van der Waals surface area contributed by atoms with E-state index in [0.717, 1.165) is 11.0 Å². The molecule has 0 spiro atoms. The summed E-state index contributed by atoms with van der Waals surface area (Å²) in [5.41, 5.74) is 6.98. The first kappa shape index (κ1) is 13.0. The molecule has 1 aromatic carbocycles. The van der Waals surface area contributed by atoms with E-state index in [1.165, 1.54) is 17.1 Å². The first-order valence-electron chi connectivity index (χ1n) is 6.06. The van der Waals surface area contributed by atoms with Crippen molar-refractivity contribution in [3.63, 3.8) is 0 Å².